The number of hydrogen-bond donors (Lipinski definition) is 0. The highest BCUT2D eigenvalue weighted by Gasteiger charge is 2.60. The molecule has 7 nitrogen and oxygen atoms in total. The van der Waals surface area contributed by atoms with E-state index in [1.165, 1.54) is 14.2 Å². The molecule has 2 rings (SSSR count). The second-order valence-corrected chi connectivity index (χ2v) is 5.42. The molecular weight excluding hydrogens is 280 g/mol. The van der Waals surface area contributed by atoms with E-state index in [2.05, 4.69) is 0 Å². The Morgan fingerprint density at radius 1 is 1.19 bits per heavy atom. The van der Waals surface area contributed by atoms with Gasteiger partial charge in [0.25, 0.3) is 0 Å². The molecule has 2 heterocycles. The molecule has 0 spiro atoms. The van der Waals surface area contributed by atoms with E-state index in [-0.39, 0.29) is 18.5 Å². The molecule has 5 atom stereocenters. The van der Waals surface area contributed by atoms with Crippen molar-refractivity contribution in [3.05, 3.63) is 0 Å². The fourth-order valence-electron chi connectivity index (χ4n) is 2.69. The second kappa shape index (κ2) is 6.18. The van der Waals surface area contributed by atoms with Gasteiger partial charge in [0.1, 0.15) is 12.2 Å². The van der Waals surface area contributed by atoms with Crippen LogP contribution in [0.2, 0.25) is 0 Å². The third-order valence-electron chi connectivity index (χ3n) is 4.22. The predicted molar refractivity (Wildman–Crippen MR) is 71.6 cm³/mol. The summed E-state index contributed by atoms with van der Waals surface area (Å²) in [6, 6.07) is 0. The molecule has 0 N–H and O–H groups in total. The summed E-state index contributed by atoms with van der Waals surface area (Å²) in [5, 5.41) is 0. The highest BCUT2D eigenvalue weighted by Crippen LogP contribution is 2.42. The largest absolute Gasteiger partial charge is 0.466 e. The van der Waals surface area contributed by atoms with Crippen molar-refractivity contribution in [2.45, 2.75) is 57.1 Å². The molecule has 122 valence electrons. The lowest BCUT2D eigenvalue weighted by Crippen LogP contribution is -2.65. The molecule has 7 heteroatoms. The van der Waals surface area contributed by atoms with Crippen molar-refractivity contribution in [2.24, 2.45) is 0 Å². The predicted octanol–water partition coefficient (Wildman–Crippen LogP) is 0.848. The molecular formula is C14H24O7. The first-order chi connectivity index (χ1) is 9.89. The normalized spacial score (nSPS) is 42.6. The van der Waals surface area contributed by atoms with Crippen LogP contribution in [0.25, 0.3) is 0 Å². The number of carbonyl (C=O) groups excluding carboxylic acids is 1. The maximum atomic E-state index is 11.6. The van der Waals surface area contributed by atoms with Gasteiger partial charge in [-0.3, -0.25) is 4.79 Å². The molecule has 0 radical (unpaired) electrons. The maximum absolute atomic E-state index is 11.6. The van der Waals surface area contributed by atoms with Crippen LogP contribution in [-0.4, -0.2) is 63.3 Å². The van der Waals surface area contributed by atoms with Crippen molar-refractivity contribution in [1.29, 1.82) is 0 Å². The fraction of sp³-hybridized carbons (Fsp3) is 0.929. The molecule has 1 unspecified atom stereocenters. The van der Waals surface area contributed by atoms with Crippen LogP contribution in [0.3, 0.4) is 0 Å². The van der Waals surface area contributed by atoms with E-state index in [0.29, 0.717) is 13.2 Å². The van der Waals surface area contributed by atoms with Crippen molar-refractivity contribution >= 4 is 5.97 Å². The van der Waals surface area contributed by atoms with Gasteiger partial charge in [0.2, 0.25) is 11.6 Å². The Bertz CT molecular complexity index is 388. The van der Waals surface area contributed by atoms with Gasteiger partial charge in [-0.15, -0.1) is 0 Å². The summed E-state index contributed by atoms with van der Waals surface area (Å²) in [7, 11) is 3.06. The third kappa shape index (κ3) is 2.93. The van der Waals surface area contributed by atoms with E-state index in [0.717, 1.165) is 0 Å². The molecule has 0 aromatic carbocycles. The van der Waals surface area contributed by atoms with Crippen LogP contribution in [0.4, 0.5) is 0 Å². The Kier molecular flexibility index (Phi) is 4.89. The van der Waals surface area contributed by atoms with Gasteiger partial charge in [0.15, 0.2) is 0 Å². The van der Waals surface area contributed by atoms with Crippen LogP contribution >= 0.6 is 0 Å². The minimum Gasteiger partial charge on any atom is -0.466 e. The summed E-state index contributed by atoms with van der Waals surface area (Å²) in [5.41, 5.74) is 0. The van der Waals surface area contributed by atoms with E-state index in [1.807, 2.05) is 0 Å². The van der Waals surface area contributed by atoms with Gasteiger partial charge >= 0.3 is 5.97 Å². The molecule has 0 bridgehead atoms. The summed E-state index contributed by atoms with van der Waals surface area (Å²) in [6.07, 6.45) is -0.993. The first kappa shape index (κ1) is 16.6. The second-order valence-electron chi connectivity index (χ2n) is 5.42. The third-order valence-corrected chi connectivity index (χ3v) is 4.22. The number of hydrogen-bond acceptors (Lipinski definition) is 7. The number of rotatable bonds is 5. The molecule has 21 heavy (non-hydrogen) atoms. The lowest BCUT2D eigenvalue weighted by Gasteiger charge is -2.50. The molecule has 0 amide bonds. The smallest absolute Gasteiger partial charge is 0.308 e. The van der Waals surface area contributed by atoms with Gasteiger partial charge in [-0.05, 0) is 20.8 Å². The van der Waals surface area contributed by atoms with E-state index in [1.54, 1.807) is 20.8 Å². The number of fused-ring (bicyclic) bond motifs is 1. The Morgan fingerprint density at radius 3 is 2.38 bits per heavy atom. The first-order valence-electron chi connectivity index (χ1n) is 7.12. The van der Waals surface area contributed by atoms with Gasteiger partial charge in [-0.25, -0.2) is 0 Å². The van der Waals surface area contributed by atoms with Crippen molar-refractivity contribution in [3.8, 4) is 0 Å². The van der Waals surface area contributed by atoms with Gasteiger partial charge in [0, 0.05) is 14.2 Å². The summed E-state index contributed by atoms with van der Waals surface area (Å²) in [4.78, 5) is 11.6. The van der Waals surface area contributed by atoms with Gasteiger partial charge in [0.05, 0.1) is 25.7 Å². The SMILES string of the molecule is CCOC(=O)CC1OC[C@H]2O[C@@](C)(OC)[C@](C)(OC)O[C@@H]12. The average molecular weight is 304 g/mol. The molecule has 0 aromatic rings. The van der Waals surface area contributed by atoms with Gasteiger partial charge < -0.3 is 28.4 Å². The average Bonchev–Trinajstić information content (AvgIpc) is 2.81. The number of esters is 1. The Morgan fingerprint density at radius 2 is 1.81 bits per heavy atom. The van der Waals surface area contributed by atoms with E-state index in [9.17, 15) is 4.79 Å². The van der Waals surface area contributed by atoms with Crippen LogP contribution in [0.5, 0.6) is 0 Å². The standard InChI is InChI=1S/C14H24O7/c1-6-18-11(15)7-9-12-10(8-19-9)20-13(2,16-4)14(3,17-5)21-12/h9-10,12H,6-8H2,1-5H3/t9?,10-,12+,13-,14-/m1/s1. The summed E-state index contributed by atoms with van der Waals surface area (Å²) < 4.78 is 33.5. The monoisotopic (exact) mass is 304 g/mol. The fourth-order valence-corrected chi connectivity index (χ4v) is 2.69. The first-order valence-corrected chi connectivity index (χ1v) is 7.12. The Labute approximate surface area is 124 Å². The number of methoxy groups -OCH3 is 2. The molecule has 2 fully saturated rings. The van der Waals surface area contributed by atoms with E-state index < -0.39 is 23.8 Å². The zero-order valence-corrected chi connectivity index (χ0v) is 13.2. The summed E-state index contributed by atoms with van der Waals surface area (Å²) in [6.45, 7) is 5.95. The quantitative estimate of drug-likeness (QED) is 0.697. The van der Waals surface area contributed by atoms with E-state index in [4.69, 9.17) is 28.4 Å². The van der Waals surface area contributed by atoms with Crippen molar-refractivity contribution in [1.82, 2.24) is 0 Å². The zero-order chi connectivity index (χ0) is 15.7. The molecule has 2 saturated heterocycles. The molecule has 0 aromatic heterocycles. The number of carbonyl (C=O) groups is 1. The highest BCUT2D eigenvalue weighted by molar-refractivity contribution is 5.70. The van der Waals surface area contributed by atoms with Crippen LogP contribution in [-0.2, 0) is 33.2 Å². The lowest BCUT2D eigenvalue weighted by molar-refractivity contribution is -0.443. The highest BCUT2D eigenvalue weighted by atomic mass is 16.8. The minimum absolute atomic E-state index is 0.127. The molecule has 2 aliphatic rings. The van der Waals surface area contributed by atoms with Crippen molar-refractivity contribution in [3.63, 3.8) is 0 Å². The van der Waals surface area contributed by atoms with E-state index >= 15 is 0 Å². The zero-order valence-electron chi connectivity index (χ0n) is 13.2. The lowest BCUT2D eigenvalue weighted by atomic mass is 10.0. The summed E-state index contributed by atoms with van der Waals surface area (Å²) in [5.74, 6) is -2.46. The Balaban J connectivity index is 2.10. The minimum atomic E-state index is -1.09. The van der Waals surface area contributed by atoms with Crippen LogP contribution in [0.15, 0.2) is 0 Å². The Hall–Kier alpha value is -0.730. The maximum Gasteiger partial charge on any atom is 0.308 e. The molecule has 2 aliphatic heterocycles. The van der Waals surface area contributed by atoms with Gasteiger partial charge in [-0.1, -0.05) is 0 Å². The molecule has 0 aliphatic carbocycles. The van der Waals surface area contributed by atoms with Gasteiger partial charge in [-0.2, -0.15) is 0 Å². The topological polar surface area (TPSA) is 72.5 Å². The van der Waals surface area contributed by atoms with Crippen molar-refractivity contribution in [2.75, 3.05) is 27.4 Å². The van der Waals surface area contributed by atoms with Crippen LogP contribution in [0, 0.1) is 0 Å². The molecule has 0 saturated carbocycles. The van der Waals surface area contributed by atoms with Crippen LogP contribution in [0.1, 0.15) is 27.2 Å². The van der Waals surface area contributed by atoms with Crippen LogP contribution < -0.4 is 0 Å². The number of ether oxygens (including phenoxy) is 6. The summed E-state index contributed by atoms with van der Waals surface area (Å²) >= 11 is 0. The van der Waals surface area contributed by atoms with Crippen molar-refractivity contribution < 1.29 is 33.2 Å².